The number of nitrogens with two attached hydrogens (primary N) is 1. The largest absolute Gasteiger partial charge is 0.363 e. The standard InChI is InChI=1S/C31H54N6O7S/c1-11-45(43,44)36(10)16-19(29(2,3)4)33-28(42)35-24(30(5,6)7)27(41)37-15-18-20(31(18,8)9)22(37)26(40)34-21(17-13-12-14-17)23(38)25(32)39/h17-22,24H,11-16H2,1-10H3,(H2,32,39)(H,34,40)(H2,33,35,42)/t18-,19+,20-,21?,22-,24+/m0/s1. The molecule has 5 amide bonds. The number of likely N-dealkylation sites (N-methyl/N-ethyl adjacent to an activating group) is 1. The monoisotopic (exact) mass is 654 g/mol. The maximum atomic E-state index is 14.3. The normalized spacial score (nSPS) is 25.0. The van der Waals surface area contributed by atoms with Crippen LogP contribution in [-0.2, 0) is 29.2 Å². The maximum absolute atomic E-state index is 14.3. The molecule has 0 spiro atoms. The average Bonchev–Trinajstić information content (AvgIpc) is 3.20. The molecule has 1 saturated heterocycles. The molecule has 1 unspecified atom stereocenters. The Labute approximate surface area is 268 Å². The molecule has 0 aromatic heterocycles. The molecule has 2 aliphatic carbocycles. The van der Waals surface area contributed by atoms with Gasteiger partial charge in [-0.3, -0.25) is 19.2 Å². The SMILES string of the molecule is CCS(=O)(=O)N(C)C[C@@H](NC(=O)N[C@H](C(=O)N1C[C@H]2[C@@H]([C@H]1C(=O)NC(C(=O)C(N)=O)C1CCC1)C2(C)C)C(C)(C)C)C(C)(C)C. The molecule has 2 saturated carbocycles. The highest BCUT2D eigenvalue weighted by molar-refractivity contribution is 7.89. The van der Waals surface area contributed by atoms with Gasteiger partial charge in [-0.15, -0.1) is 0 Å². The van der Waals surface area contributed by atoms with Crippen LogP contribution in [0.4, 0.5) is 4.79 Å². The summed E-state index contributed by atoms with van der Waals surface area (Å²) in [7, 11) is -2.02. The van der Waals surface area contributed by atoms with Crippen LogP contribution in [-0.4, -0.2) is 97.2 Å². The van der Waals surface area contributed by atoms with Gasteiger partial charge in [-0.1, -0.05) is 61.8 Å². The molecule has 14 heteroatoms. The minimum Gasteiger partial charge on any atom is -0.363 e. The smallest absolute Gasteiger partial charge is 0.315 e. The first-order chi connectivity index (χ1) is 20.4. The summed E-state index contributed by atoms with van der Waals surface area (Å²) >= 11 is 0. The van der Waals surface area contributed by atoms with E-state index in [1.165, 1.54) is 16.3 Å². The lowest BCUT2D eigenvalue weighted by Crippen LogP contribution is -2.63. The molecule has 1 heterocycles. The molecule has 0 aromatic rings. The summed E-state index contributed by atoms with van der Waals surface area (Å²) in [6.45, 7) is 17.1. The van der Waals surface area contributed by atoms with Crippen molar-refractivity contribution in [2.45, 2.75) is 106 Å². The number of fused-ring (bicyclic) bond motifs is 1. The summed E-state index contributed by atoms with van der Waals surface area (Å²) in [5.41, 5.74) is 3.83. The number of nitrogens with zero attached hydrogens (tertiary/aromatic N) is 2. The van der Waals surface area contributed by atoms with Crippen molar-refractivity contribution in [2.24, 2.45) is 39.7 Å². The second kappa shape index (κ2) is 12.8. The zero-order chi connectivity index (χ0) is 34.4. The highest BCUT2D eigenvalue weighted by Crippen LogP contribution is 2.65. The first kappa shape index (κ1) is 36.7. The lowest BCUT2D eigenvalue weighted by atomic mass is 9.78. The van der Waals surface area contributed by atoms with Gasteiger partial charge >= 0.3 is 6.03 Å². The summed E-state index contributed by atoms with van der Waals surface area (Å²) in [5, 5.41) is 8.49. The minimum atomic E-state index is -3.49. The molecule has 3 aliphatic rings. The Morgan fingerprint density at radius 2 is 1.56 bits per heavy atom. The molecular formula is C31H54N6O7S. The van der Waals surface area contributed by atoms with Crippen LogP contribution in [0.5, 0.6) is 0 Å². The van der Waals surface area contributed by atoms with Gasteiger partial charge in [0.05, 0.1) is 5.75 Å². The molecule has 256 valence electrons. The number of hydrogen-bond donors (Lipinski definition) is 4. The number of carbonyl (C=O) groups is 5. The molecule has 5 N–H and O–H groups in total. The Hall–Kier alpha value is -2.74. The van der Waals surface area contributed by atoms with Crippen LogP contribution in [0.15, 0.2) is 0 Å². The van der Waals surface area contributed by atoms with E-state index in [0.717, 1.165) is 6.42 Å². The summed E-state index contributed by atoms with van der Waals surface area (Å²) in [6.07, 6.45) is 2.27. The van der Waals surface area contributed by atoms with E-state index in [2.05, 4.69) is 16.0 Å². The molecule has 1 aliphatic heterocycles. The molecular weight excluding hydrogens is 600 g/mol. The lowest BCUT2D eigenvalue weighted by Gasteiger charge is -2.39. The molecule has 0 bridgehead atoms. The Morgan fingerprint density at radius 1 is 0.978 bits per heavy atom. The summed E-state index contributed by atoms with van der Waals surface area (Å²) < 4.78 is 26.1. The van der Waals surface area contributed by atoms with Crippen LogP contribution < -0.4 is 21.7 Å². The summed E-state index contributed by atoms with van der Waals surface area (Å²) in [4.78, 5) is 67.5. The van der Waals surface area contributed by atoms with Gasteiger partial charge in [0.15, 0.2) is 0 Å². The van der Waals surface area contributed by atoms with Crippen LogP contribution in [0, 0.1) is 34.0 Å². The fourth-order valence-electron chi connectivity index (χ4n) is 6.65. The molecule has 0 aromatic carbocycles. The number of Topliss-reactive ketones (excluding diaryl/α,β-unsaturated/α-hetero) is 1. The van der Waals surface area contributed by atoms with E-state index in [-0.39, 0.29) is 35.5 Å². The van der Waals surface area contributed by atoms with Crippen molar-refractivity contribution in [3.8, 4) is 0 Å². The van der Waals surface area contributed by atoms with Crippen LogP contribution in [0.3, 0.4) is 0 Å². The molecule has 6 atom stereocenters. The highest BCUT2D eigenvalue weighted by Gasteiger charge is 2.70. The van der Waals surface area contributed by atoms with Gasteiger partial charge in [0.25, 0.3) is 5.91 Å². The van der Waals surface area contributed by atoms with Crippen molar-refractivity contribution in [1.29, 1.82) is 0 Å². The maximum Gasteiger partial charge on any atom is 0.315 e. The van der Waals surface area contributed by atoms with Gasteiger partial charge < -0.3 is 26.6 Å². The fraction of sp³-hybridized carbons (Fsp3) is 0.839. The molecule has 0 radical (unpaired) electrons. The third kappa shape index (κ3) is 7.81. The van der Waals surface area contributed by atoms with Crippen molar-refractivity contribution >= 4 is 39.6 Å². The summed E-state index contributed by atoms with van der Waals surface area (Å²) in [6, 6.07) is -4.16. The van der Waals surface area contributed by atoms with Crippen molar-refractivity contribution < 1.29 is 32.4 Å². The lowest BCUT2D eigenvalue weighted by molar-refractivity contribution is -0.145. The number of likely N-dealkylation sites (tertiary alicyclic amines) is 1. The highest BCUT2D eigenvalue weighted by atomic mass is 32.2. The number of ketones is 1. The number of urea groups is 1. The number of rotatable bonds is 12. The number of primary amides is 1. The van der Waals surface area contributed by atoms with Gasteiger partial charge in [0.2, 0.25) is 27.6 Å². The van der Waals surface area contributed by atoms with Gasteiger partial charge in [-0.25, -0.2) is 17.5 Å². The predicted molar refractivity (Wildman–Crippen MR) is 170 cm³/mol. The van der Waals surface area contributed by atoms with E-state index in [1.807, 2.05) is 55.4 Å². The van der Waals surface area contributed by atoms with Gasteiger partial charge in [-0.05, 0) is 53.8 Å². The van der Waals surface area contributed by atoms with Gasteiger partial charge in [-0.2, -0.15) is 0 Å². The molecule has 3 fully saturated rings. The van der Waals surface area contributed by atoms with Gasteiger partial charge in [0, 0.05) is 26.2 Å². The Bertz CT molecular complexity index is 1300. The van der Waals surface area contributed by atoms with E-state index >= 15 is 0 Å². The zero-order valence-electron chi connectivity index (χ0n) is 28.5. The number of hydrogen-bond acceptors (Lipinski definition) is 7. The van der Waals surface area contributed by atoms with E-state index < -0.39 is 74.6 Å². The minimum absolute atomic E-state index is 0.0419. The van der Waals surface area contributed by atoms with Crippen LogP contribution in [0.25, 0.3) is 0 Å². The van der Waals surface area contributed by atoms with E-state index in [9.17, 15) is 32.4 Å². The first-order valence-corrected chi connectivity index (χ1v) is 17.5. The Kier molecular flexibility index (Phi) is 10.5. The zero-order valence-corrected chi connectivity index (χ0v) is 29.3. The fourth-order valence-corrected chi connectivity index (χ4v) is 7.47. The average molecular weight is 655 g/mol. The van der Waals surface area contributed by atoms with Gasteiger partial charge in [0.1, 0.15) is 18.1 Å². The Balaban J connectivity index is 1.84. The third-order valence-corrected chi connectivity index (χ3v) is 12.1. The van der Waals surface area contributed by atoms with Crippen LogP contribution in [0.2, 0.25) is 0 Å². The van der Waals surface area contributed by atoms with Crippen LogP contribution >= 0.6 is 0 Å². The van der Waals surface area contributed by atoms with Crippen LogP contribution in [0.1, 0.15) is 81.6 Å². The molecule has 3 rings (SSSR count). The van der Waals surface area contributed by atoms with E-state index in [0.29, 0.717) is 19.4 Å². The quantitative estimate of drug-likeness (QED) is 0.228. The molecule has 45 heavy (non-hydrogen) atoms. The summed E-state index contributed by atoms with van der Waals surface area (Å²) in [5.74, 6) is -3.23. The van der Waals surface area contributed by atoms with Crippen molar-refractivity contribution in [3.05, 3.63) is 0 Å². The van der Waals surface area contributed by atoms with Crippen molar-refractivity contribution in [1.82, 2.24) is 25.2 Å². The van der Waals surface area contributed by atoms with E-state index in [4.69, 9.17) is 5.73 Å². The molecule has 13 nitrogen and oxygen atoms in total. The first-order valence-electron chi connectivity index (χ1n) is 15.9. The van der Waals surface area contributed by atoms with E-state index in [1.54, 1.807) is 6.92 Å². The topological polar surface area (TPSA) is 188 Å². The number of amides is 5. The predicted octanol–water partition coefficient (Wildman–Crippen LogP) is 1.22. The van der Waals surface area contributed by atoms with Crippen molar-refractivity contribution in [3.63, 3.8) is 0 Å². The Morgan fingerprint density at radius 3 is 2.00 bits per heavy atom. The second-order valence-corrected chi connectivity index (χ2v) is 18.2. The third-order valence-electron chi connectivity index (χ3n) is 10.2. The number of carbonyl (C=O) groups excluding carboxylic acids is 5. The number of nitrogens with one attached hydrogen (secondary N) is 3. The van der Waals surface area contributed by atoms with Crippen molar-refractivity contribution in [2.75, 3.05) is 25.9 Å². The number of piperidine rings is 1. The number of sulfonamides is 1. The second-order valence-electron chi connectivity index (χ2n) is 15.8.